The van der Waals surface area contributed by atoms with Crippen LogP contribution in [0.1, 0.15) is 0 Å². The molecule has 2 aromatic heterocycles. The maximum atomic E-state index is 11.6. The summed E-state index contributed by atoms with van der Waals surface area (Å²) in [6, 6.07) is 3.53. The molecule has 1 N–H and O–H groups in total. The van der Waals surface area contributed by atoms with Crippen molar-refractivity contribution in [1.82, 2.24) is 14.5 Å². The fraction of sp³-hybridized carbons (Fsp3) is 0.125. The second-order valence-electron chi connectivity index (χ2n) is 2.69. The maximum absolute atomic E-state index is 11.6. The molecule has 2 heterocycles. The number of rotatable bonds is 0. The first-order valence-corrected chi connectivity index (χ1v) is 4.15. The van der Waals surface area contributed by atoms with Gasteiger partial charge in [-0.2, -0.15) is 0 Å². The second-order valence-corrected chi connectivity index (χ2v) is 3.08. The summed E-state index contributed by atoms with van der Waals surface area (Å²) in [4.78, 5) is 18.4. The van der Waals surface area contributed by atoms with Crippen LogP contribution in [0.2, 0.25) is 0 Å². The van der Waals surface area contributed by atoms with E-state index in [2.05, 4.69) is 9.97 Å². The van der Waals surface area contributed by atoms with Crippen molar-refractivity contribution in [2.24, 2.45) is 7.05 Å². The average Bonchev–Trinajstić information content (AvgIpc) is 2.15. The highest BCUT2D eigenvalue weighted by atomic mass is 32.1. The van der Waals surface area contributed by atoms with Gasteiger partial charge < -0.3 is 4.98 Å². The van der Waals surface area contributed by atoms with E-state index in [0.29, 0.717) is 15.8 Å². The molecule has 0 aliphatic carbocycles. The average molecular weight is 193 g/mol. The molecule has 2 aromatic rings. The predicted molar refractivity (Wildman–Crippen MR) is 52.2 cm³/mol. The van der Waals surface area contributed by atoms with Crippen molar-refractivity contribution < 1.29 is 0 Å². The minimum Gasteiger partial charge on any atom is -0.330 e. The van der Waals surface area contributed by atoms with Crippen LogP contribution in [0.5, 0.6) is 0 Å². The molecule has 0 bridgehead atoms. The van der Waals surface area contributed by atoms with E-state index < -0.39 is 0 Å². The van der Waals surface area contributed by atoms with E-state index in [1.54, 1.807) is 25.4 Å². The lowest BCUT2D eigenvalue weighted by molar-refractivity contribution is 0.820. The molecule has 13 heavy (non-hydrogen) atoms. The Morgan fingerprint density at radius 1 is 1.62 bits per heavy atom. The Bertz CT molecular complexity index is 569. The summed E-state index contributed by atoms with van der Waals surface area (Å²) in [5.74, 6) is 0. The number of nitrogens with zero attached hydrogens (tertiary/aromatic N) is 2. The van der Waals surface area contributed by atoms with Crippen molar-refractivity contribution in [2.45, 2.75) is 0 Å². The molecule has 66 valence electrons. The lowest BCUT2D eigenvalue weighted by atomic mass is 10.4. The molecule has 0 atom stereocenters. The fourth-order valence-electron chi connectivity index (χ4n) is 1.13. The molecule has 0 fully saturated rings. The minimum atomic E-state index is -0.167. The molecule has 0 spiro atoms. The minimum absolute atomic E-state index is 0.167. The van der Waals surface area contributed by atoms with E-state index in [9.17, 15) is 4.79 Å². The molecular formula is C8H7N3OS. The van der Waals surface area contributed by atoms with Gasteiger partial charge in [-0.3, -0.25) is 9.36 Å². The SMILES string of the molecule is Cn1c(=S)[nH]c2cccnc2c1=O. The number of H-pyrrole nitrogens is 1. The number of aromatic nitrogens is 3. The molecule has 4 nitrogen and oxygen atoms in total. The van der Waals surface area contributed by atoms with Crippen LogP contribution < -0.4 is 5.56 Å². The highest BCUT2D eigenvalue weighted by Gasteiger charge is 2.01. The third-order valence-corrected chi connectivity index (χ3v) is 2.24. The van der Waals surface area contributed by atoms with Crippen LogP contribution in [0.3, 0.4) is 0 Å². The Hall–Kier alpha value is -1.49. The third kappa shape index (κ3) is 1.17. The Balaban J connectivity index is 3.12. The first-order valence-electron chi connectivity index (χ1n) is 3.74. The van der Waals surface area contributed by atoms with E-state index in [1.807, 2.05) is 0 Å². The van der Waals surface area contributed by atoms with Crippen molar-refractivity contribution in [3.8, 4) is 0 Å². The second kappa shape index (κ2) is 2.77. The maximum Gasteiger partial charge on any atom is 0.280 e. The van der Waals surface area contributed by atoms with Crippen LogP contribution in [0, 0.1) is 4.77 Å². The standard InChI is InChI=1S/C8H7N3OS/c1-11-7(12)6-5(10-8(11)13)3-2-4-9-6/h2-4H,1H3,(H,10,13). The molecule has 0 aliphatic rings. The Morgan fingerprint density at radius 2 is 2.38 bits per heavy atom. The van der Waals surface area contributed by atoms with Gasteiger partial charge in [0.25, 0.3) is 5.56 Å². The lowest BCUT2D eigenvalue weighted by Crippen LogP contribution is -2.19. The van der Waals surface area contributed by atoms with E-state index in [1.165, 1.54) is 4.57 Å². The summed E-state index contributed by atoms with van der Waals surface area (Å²) in [7, 11) is 1.62. The molecule has 0 aliphatic heterocycles. The quantitative estimate of drug-likeness (QED) is 0.635. The molecule has 0 amide bonds. The van der Waals surface area contributed by atoms with Crippen LogP contribution in [0.25, 0.3) is 11.0 Å². The zero-order chi connectivity index (χ0) is 9.42. The van der Waals surface area contributed by atoms with Gasteiger partial charge in [0, 0.05) is 13.2 Å². The first-order chi connectivity index (χ1) is 6.20. The molecule has 5 heteroatoms. The zero-order valence-electron chi connectivity index (χ0n) is 6.94. The number of aromatic amines is 1. The van der Waals surface area contributed by atoms with Crippen molar-refractivity contribution >= 4 is 23.3 Å². The highest BCUT2D eigenvalue weighted by Crippen LogP contribution is 2.00. The van der Waals surface area contributed by atoms with Crippen molar-refractivity contribution in [1.29, 1.82) is 0 Å². The zero-order valence-corrected chi connectivity index (χ0v) is 7.76. The Labute approximate surface area is 78.9 Å². The Morgan fingerprint density at radius 3 is 3.15 bits per heavy atom. The van der Waals surface area contributed by atoms with Crippen molar-refractivity contribution in [3.05, 3.63) is 33.5 Å². The largest absolute Gasteiger partial charge is 0.330 e. The van der Waals surface area contributed by atoms with Gasteiger partial charge in [-0.05, 0) is 24.4 Å². The van der Waals surface area contributed by atoms with Gasteiger partial charge in [0.2, 0.25) is 0 Å². The Kier molecular flexibility index (Phi) is 1.73. The van der Waals surface area contributed by atoms with Gasteiger partial charge in [-0.25, -0.2) is 4.98 Å². The van der Waals surface area contributed by atoms with Crippen molar-refractivity contribution in [2.75, 3.05) is 0 Å². The van der Waals surface area contributed by atoms with Crippen molar-refractivity contribution in [3.63, 3.8) is 0 Å². The van der Waals surface area contributed by atoms with E-state index >= 15 is 0 Å². The summed E-state index contributed by atoms with van der Waals surface area (Å²) < 4.78 is 1.77. The van der Waals surface area contributed by atoms with Crippen LogP contribution in [0.4, 0.5) is 0 Å². The summed E-state index contributed by atoms with van der Waals surface area (Å²) in [6.45, 7) is 0. The van der Waals surface area contributed by atoms with Gasteiger partial charge in [0.15, 0.2) is 10.3 Å². The first kappa shape index (κ1) is 8.12. The van der Waals surface area contributed by atoms with E-state index in [-0.39, 0.29) is 5.56 Å². The van der Waals surface area contributed by atoms with Crippen LogP contribution in [0.15, 0.2) is 23.1 Å². The van der Waals surface area contributed by atoms with Gasteiger partial charge in [-0.15, -0.1) is 0 Å². The molecule has 0 radical (unpaired) electrons. The highest BCUT2D eigenvalue weighted by molar-refractivity contribution is 7.71. The van der Waals surface area contributed by atoms with E-state index in [0.717, 1.165) is 0 Å². The lowest BCUT2D eigenvalue weighted by Gasteiger charge is -1.99. The number of nitrogens with one attached hydrogen (secondary N) is 1. The summed E-state index contributed by atoms with van der Waals surface area (Å²) in [5.41, 5.74) is 0.925. The molecule has 0 aromatic carbocycles. The summed E-state index contributed by atoms with van der Waals surface area (Å²) in [6.07, 6.45) is 1.58. The van der Waals surface area contributed by atoms with E-state index in [4.69, 9.17) is 12.2 Å². The van der Waals surface area contributed by atoms with Gasteiger partial charge in [0.1, 0.15) is 0 Å². The molecule has 0 saturated heterocycles. The van der Waals surface area contributed by atoms with Gasteiger partial charge in [-0.1, -0.05) is 0 Å². The number of hydrogen-bond donors (Lipinski definition) is 1. The van der Waals surface area contributed by atoms with Crippen LogP contribution in [-0.4, -0.2) is 14.5 Å². The topological polar surface area (TPSA) is 50.7 Å². The molecule has 2 rings (SSSR count). The summed E-state index contributed by atoms with van der Waals surface area (Å²) in [5, 5.41) is 0. The molecule has 0 unspecified atom stereocenters. The number of pyridine rings is 1. The molecule has 0 saturated carbocycles. The predicted octanol–water partition coefficient (Wildman–Crippen LogP) is 0.991. The van der Waals surface area contributed by atoms with Crippen LogP contribution >= 0.6 is 12.2 Å². The smallest absolute Gasteiger partial charge is 0.280 e. The van der Waals surface area contributed by atoms with Gasteiger partial charge in [0.05, 0.1) is 5.52 Å². The number of fused-ring (bicyclic) bond motifs is 1. The van der Waals surface area contributed by atoms with Gasteiger partial charge >= 0.3 is 0 Å². The monoisotopic (exact) mass is 193 g/mol. The summed E-state index contributed by atoms with van der Waals surface area (Å²) >= 11 is 4.95. The third-order valence-electron chi connectivity index (χ3n) is 1.86. The fourth-order valence-corrected chi connectivity index (χ4v) is 1.32. The number of hydrogen-bond acceptors (Lipinski definition) is 3. The normalized spacial score (nSPS) is 10.5. The molecular weight excluding hydrogens is 186 g/mol. The van der Waals surface area contributed by atoms with Crippen LogP contribution in [-0.2, 0) is 7.05 Å².